The molecule has 0 saturated heterocycles. The van der Waals surface area contributed by atoms with Gasteiger partial charge in [0.05, 0.1) is 32.5 Å². The van der Waals surface area contributed by atoms with Crippen LogP contribution in [0.15, 0.2) is 36.4 Å². The van der Waals surface area contributed by atoms with Crippen LogP contribution in [0.1, 0.15) is 15.9 Å². The van der Waals surface area contributed by atoms with E-state index in [2.05, 4.69) is 0 Å². The lowest BCUT2D eigenvalue weighted by atomic mass is 10.1. The van der Waals surface area contributed by atoms with E-state index in [4.69, 9.17) is 18.9 Å². The largest absolute Gasteiger partial charge is 0.493 e. The molecule has 0 unspecified atom stereocenters. The van der Waals surface area contributed by atoms with Crippen molar-refractivity contribution in [3.05, 3.63) is 47.5 Å². The molecule has 0 heterocycles. The number of alkyl halides is 3. The average Bonchev–Trinajstić information content (AvgIpc) is 2.59. The van der Waals surface area contributed by atoms with Crippen LogP contribution in [-0.2, 0) is 6.18 Å². The predicted molar refractivity (Wildman–Crippen MR) is 82.5 cm³/mol. The van der Waals surface area contributed by atoms with E-state index in [0.717, 1.165) is 12.1 Å². The smallest absolute Gasteiger partial charge is 0.419 e. The van der Waals surface area contributed by atoms with Crippen molar-refractivity contribution in [2.24, 2.45) is 0 Å². The molecule has 2 aromatic carbocycles. The molecule has 0 aliphatic carbocycles. The molecule has 0 atom stereocenters. The fourth-order valence-electron chi connectivity index (χ4n) is 2.15. The lowest BCUT2D eigenvalue weighted by molar-refractivity contribution is -0.138. The molecule has 0 aromatic heterocycles. The highest BCUT2D eigenvalue weighted by atomic mass is 19.4. The van der Waals surface area contributed by atoms with Gasteiger partial charge in [0.1, 0.15) is 5.75 Å². The third-order valence-corrected chi connectivity index (χ3v) is 3.30. The molecule has 0 aliphatic rings. The number of esters is 1. The molecular formula is C17H15F3O5. The van der Waals surface area contributed by atoms with Gasteiger partial charge in [0, 0.05) is 0 Å². The number of methoxy groups -OCH3 is 3. The van der Waals surface area contributed by atoms with Crippen LogP contribution >= 0.6 is 0 Å². The van der Waals surface area contributed by atoms with Crippen molar-refractivity contribution >= 4 is 5.97 Å². The van der Waals surface area contributed by atoms with Crippen LogP contribution in [0.3, 0.4) is 0 Å². The number of hydrogen-bond donors (Lipinski definition) is 0. The summed E-state index contributed by atoms with van der Waals surface area (Å²) in [5, 5.41) is 0. The first-order chi connectivity index (χ1) is 11.8. The number of rotatable bonds is 5. The second-order valence-corrected chi connectivity index (χ2v) is 4.80. The molecular weight excluding hydrogens is 341 g/mol. The maximum atomic E-state index is 13.0. The van der Waals surface area contributed by atoms with Gasteiger partial charge < -0.3 is 18.9 Å². The van der Waals surface area contributed by atoms with Gasteiger partial charge in [-0.15, -0.1) is 0 Å². The Morgan fingerprint density at radius 3 is 1.92 bits per heavy atom. The second kappa shape index (κ2) is 7.33. The molecule has 0 saturated carbocycles. The van der Waals surface area contributed by atoms with Crippen molar-refractivity contribution in [2.75, 3.05) is 21.3 Å². The molecule has 0 fully saturated rings. The first-order valence-corrected chi connectivity index (χ1v) is 7.00. The fourth-order valence-corrected chi connectivity index (χ4v) is 2.15. The zero-order valence-corrected chi connectivity index (χ0v) is 13.6. The Morgan fingerprint density at radius 1 is 0.880 bits per heavy atom. The van der Waals surface area contributed by atoms with E-state index in [9.17, 15) is 18.0 Å². The Morgan fingerprint density at radius 2 is 1.44 bits per heavy atom. The van der Waals surface area contributed by atoms with Gasteiger partial charge in [-0.25, -0.2) is 4.79 Å². The highest BCUT2D eigenvalue weighted by Crippen LogP contribution is 2.39. The topological polar surface area (TPSA) is 54.0 Å². The van der Waals surface area contributed by atoms with Crippen molar-refractivity contribution in [3.8, 4) is 23.0 Å². The Balaban J connectivity index is 2.40. The first kappa shape index (κ1) is 18.4. The second-order valence-electron chi connectivity index (χ2n) is 4.80. The zero-order chi connectivity index (χ0) is 18.6. The van der Waals surface area contributed by atoms with Gasteiger partial charge in [-0.2, -0.15) is 13.2 Å². The van der Waals surface area contributed by atoms with E-state index >= 15 is 0 Å². The summed E-state index contributed by atoms with van der Waals surface area (Å²) in [6.45, 7) is 0. The Bertz CT molecular complexity index is 746. The first-order valence-electron chi connectivity index (χ1n) is 7.00. The van der Waals surface area contributed by atoms with Crippen LogP contribution in [-0.4, -0.2) is 27.3 Å². The fraction of sp³-hybridized carbons (Fsp3) is 0.235. The van der Waals surface area contributed by atoms with Crippen molar-refractivity contribution < 1.29 is 36.9 Å². The average molecular weight is 356 g/mol. The maximum Gasteiger partial charge on any atom is 0.419 e. The highest BCUT2D eigenvalue weighted by Gasteiger charge is 2.34. The summed E-state index contributed by atoms with van der Waals surface area (Å²) in [7, 11) is 4.09. The summed E-state index contributed by atoms with van der Waals surface area (Å²) in [4.78, 5) is 12.3. The summed E-state index contributed by atoms with van der Waals surface area (Å²) in [5.41, 5.74) is -1.10. The minimum absolute atomic E-state index is 0.0496. The van der Waals surface area contributed by atoms with E-state index in [1.165, 1.54) is 45.6 Å². The normalized spacial score (nSPS) is 11.0. The van der Waals surface area contributed by atoms with Crippen molar-refractivity contribution in [3.63, 3.8) is 0 Å². The van der Waals surface area contributed by atoms with Gasteiger partial charge in [0.25, 0.3) is 0 Å². The van der Waals surface area contributed by atoms with Crippen molar-refractivity contribution in [1.82, 2.24) is 0 Å². The molecule has 2 aromatic rings. The molecule has 5 nitrogen and oxygen atoms in total. The number of para-hydroxylation sites is 1. The number of carbonyl (C=O) groups is 1. The quantitative estimate of drug-likeness (QED) is 0.600. The van der Waals surface area contributed by atoms with Gasteiger partial charge in [-0.3, -0.25) is 0 Å². The van der Waals surface area contributed by atoms with Crippen LogP contribution in [0.5, 0.6) is 23.0 Å². The summed E-state index contributed by atoms with van der Waals surface area (Å²) in [6.07, 6.45) is -4.65. The van der Waals surface area contributed by atoms with Gasteiger partial charge in [-0.05, 0) is 24.3 Å². The number of benzene rings is 2. The molecule has 25 heavy (non-hydrogen) atoms. The van der Waals surface area contributed by atoms with Crippen LogP contribution in [0.25, 0.3) is 0 Å². The summed E-state index contributed by atoms with van der Waals surface area (Å²) in [5.74, 6) is -0.974. The Labute approximate surface area is 141 Å². The van der Waals surface area contributed by atoms with E-state index in [0.29, 0.717) is 0 Å². The van der Waals surface area contributed by atoms with E-state index in [-0.39, 0.29) is 22.8 Å². The van der Waals surface area contributed by atoms with Gasteiger partial charge in [0.15, 0.2) is 11.5 Å². The standard InChI is InChI=1S/C17H15F3O5/c1-22-13-8-10(9-14(23-2)15(13)24-3)16(21)25-12-7-5-4-6-11(12)17(18,19)20/h4-9H,1-3H3. The highest BCUT2D eigenvalue weighted by molar-refractivity contribution is 5.92. The monoisotopic (exact) mass is 356 g/mol. The van der Waals surface area contributed by atoms with E-state index in [1.807, 2.05) is 0 Å². The third kappa shape index (κ3) is 3.96. The Kier molecular flexibility index (Phi) is 5.41. The summed E-state index contributed by atoms with van der Waals surface area (Å²) < 4.78 is 59.2. The lowest BCUT2D eigenvalue weighted by Gasteiger charge is -2.15. The SMILES string of the molecule is COc1cc(C(=O)Oc2ccccc2C(F)(F)F)cc(OC)c1OC. The molecule has 0 amide bonds. The zero-order valence-electron chi connectivity index (χ0n) is 13.6. The molecule has 0 spiro atoms. The van der Waals surface area contributed by atoms with Crippen molar-refractivity contribution in [1.29, 1.82) is 0 Å². The maximum absolute atomic E-state index is 13.0. The van der Waals surface area contributed by atoms with Crippen LogP contribution < -0.4 is 18.9 Å². The van der Waals surface area contributed by atoms with Gasteiger partial charge in [-0.1, -0.05) is 12.1 Å². The van der Waals surface area contributed by atoms with Crippen LogP contribution in [0.2, 0.25) is 0 Å². The minimum atomic E-state index is -4.65. The molecule has 0 radical (unpaired) electrons. The number of hydrogen-bond acceptors (Lipinski definition) is 5. The molecule has 0 N–H and O–H groups in total. The molecule has 2 rings (SSSR count). The lowest BCUT2D eigenvalue weighted by Crippen LogP contribution is -2.14. The predicted octanol–water partition coefficient (Wildman–Crippen LogP) is 3.95. The Hall–Kier alpha value is -2.90. The number of carbonyl (C=O) groups excluding carboxylic acids is 1. The molecule has 8 heteroatoms. The summed E-state index contributed by atoms with van der Waals surface area (Å²) >= 11 is 0. The molecule has 0 aliphatic heterocycles. The van der Waals surface area contributed by atoms with Crippen LogP contribution in [0.4, 0.5) is 13.2 Å². The summed E-state index contributed by atoms with van der Waals surface area (Å²) in [6, 6.07) is 7.03. The number of ether oxygens (including phenoxy) is 4. The van der Waals surface area contributed by atoms with Crippen LogP contribution in [0, 0.1) is 0 Å². The minimum Gasteiger partial charge on any atom is -0.493 e. The van der Waals surface area contributed by atoms with E-state index < -0.39 is 23.5 Å². The number of halogens is 3. The third-order valence-electron chi connectivity index (χ3n) is 3.30. The van der Waals surface area contributed by atoms with Gasteiger partial charge in [0.2, 0.25) is 5.75 Å². The van der Waals surface area contributed by atoms with E-state index in [1.54, 1.807) is 0 Å². The van der Waals surface area contributed by atoms with Gasteiger partial charge >= 0.3 is 12.1 Å². The molecule has 134 valence electrons. The van der Waals surface area contributed by atoms with Crippen molar-refractivity contribution in [2.45, 2.75) is 6.18 Å². The molecule has 0 bridgehead atoms.